The minimum atomic E-state index is -3.82. The summed E-state index contributed by atoms with van der Waals surface area (Å²) >= 11 is 12.7. The largest absolute Gasteiger partial charge is 0.481 e. The molecule has 0 aromatic carbocycles. The van der Waals surface area contributed by atoms with Crippen molar-refractivity contribution in [3.05, 3.63) is 14.7 Å². The molecule has 9 heteroatoms. The van der Waals surface area contributed by atoms with Crippen LogP contribution in [0, 0.1) is 5.92 Å². The van der Waals surface area contributed by atoms with E-state index in [9.17, 15) is 13.2 Å². The number of carboxylic acid groups (broad SMARTS) is 1. The predicted octanol–water partition coefficient (Wildman–Crippen LogP) is 2.93. The lowest BCUT2D eigenvalue weighted by atomic mass is 9.96. The van der Waals surface area contributed by atoms with Crippen LogP contribution in [-0.2, 0) is 14.8 Å². The van der Waals surface area contributed by atoms with Gasteiger partial charge >= 0.3 is 5.97 Å². The number of rotatable bonds is 3. The van der Waals surface area contributed by atoms with Gasteiger partial charge in [-0.1, -0.05) is 23.2 Å². The minimum absolute atomic E-state index is 0.0391. The molecule has 0 aliphatic carbocycles. The van der Waals surface area contributed by atoms with Crippen molar-refractivity contribution in [1.82, 2.24) is 4.31 Å². The van der Waals surface area contributed by atoms with Crippen molar-refractivity contribution in [2.75, 3.05) is 6.54 Å². The minimum Gasteiger partial charge on any atom is -0.481 e. The number of halogens is 2. The quantitative estimate of drug-likeness (QED) is 0.902. The maximum atomic E-state index is 12.6. The molecule has 0 radical (unpaired) electrons. The van der Waals surface area contributed by atoms with Gasteiger partial charge in [0.15, 0.2) is 0 Å². The maximum absolute atomic E-state index is 12.6. The Morgan fingerprint density at radius 2 is 2.10 bits per heavy atom. The molecule has 0 amide bonds. The van der Waals surface area contributed by atoms with Crippen LogP contribution in [0.4, 0.5) is 0 Å². The summed E-state index contributed by atoms with van der Waals surface area (Å²) in [4.78, 5) is 11.0. The van der Waals surface area contributed by atoms with Crippen LogP contribution in [-0.4, -0.2) is 36.4 Å². The summed E-state index contributed by atoms with van der Waals surface area (Å²) in [5, 5.41) is 9.07. The Kier molecular flexibility index (Phi) is 4.66. The van der Waals surface area contributed by atoms with Gasteiger partial charge in [0.25, 0.3) is 0 Å². The summed E-state index contributed by atoms with van der Waals surface area (Å²) in [6.07, 6.45) is 0.979. The number of carbonyl (C=O) groups is 1. The Bertz CT molecular complexity index is 628. The number of aliphatic carboxylic acids is 1. The number of carboxylic acids is 1. The van der Waals surface area contributed by atoms with Gasteiger partial charge in [-0.25, -0.2) is 8.42 Å². The summed E-state index contributed by atoms with van der Waals surface area (Å²) in [6, 6.07) is 1.05. The molecule has 2 heterocycles. The smallest absolute Gasteiger partial charge is 0.307 e. The summed E-state index contributed by atoms with van der Waals surface area (Å²) < 4.78 is 26.8. The molecule has 5 nitrogen and oxygen atoms in total. The standard InChI is InChI=1S/C11H13Cl2NO4S2/c1-6-2-3-7(11(15)16)5-14(6)20(17,18)8-4-9(12)19-10(8)13/h4,6-7H,2-3,5H2,1H3,(H,15,16). The van der Waals surface area contributed by atoms with Crippen molar-refractivity contribution in [3.63, 3.8) is 0 Å². The van der Waals surface area contributed by atoms with Gasteiger partial charge < -0.3 is 5.11 Å². The first-order valence-electron chi connectivity index (χ1n) is 5.93. The fourth-order valence-electron chi connectivity index (χ4n) is 2.24. The van der Waals surface area contributed by atoms with E-state index in [0.29, 0.717) is 12.8 Å². The maximum Gasteiger partial charge on any atom is 0.307 e. The van der Waals surface area contributed by atoms with Gasteiger partial charge in [-0.2, -0.15) is 4.31 Å². The molecule has 2 atom stereocenters. The molecule has 0 saturated carbocycles. The van der Waals surface area contributed by atoms with Crippen LogP contribution < -0.4 is 0 Å². The number of piperidine rings is 1. The highest BCUT2D eigenvalue weighted by Crippen LogP contribution is 2.38. The topological polar surface area (TPSA) is 74.7 Å². The third-order valence-corrected chi connectivity index (χ3v) is 7.12. The van der Waals surface area contributed by atoms with Gasteiger partial charge in [0.05, 0.1) is 10.3 Å². The van der Waals surface area contributed by atoms with Crippen molar-refractivity contribution in [2.24, 2.45) is 5.92 Å². The number of sulfonamides is 1. The van der Waals surface area contributed by atoms with Crippen LogP contribution in [0.2, 0.25) is 8.67 Å². The fourth-order valence-corrected chi connectivity index (χ4v) is 6.06. The highest BCUT2D eigenvalue weighted by atomic mass is 35.5. The van der Waals surface area contributed by atoms with Gasteiger partial charge in [0.1, 0.15) is 9.23 Å². The van der Waals surface area contributed by atoms with Crippen molar-refractivity contribution in [2.45, 2.75) is 30.7 Å². The average molecular weight is 358 g/mol. The SMILES string of the molecule is CC1CCC(C(=O)O)CN1S(=O)(=O)c1cc(Cl)sc1Cl. The van der Waals surface area contributed by atoms with E-state index in [2.05, 4.69) is 0 Å². The third-order valence-electron chi connectivity index (χ3n) is 3.39. The molecule has 1 saturated heterocycles. The predicted molar refractivity (Wildman–Crippen MR) is 78.1 cm³/mol. The number of hydrogen-bond donors (Lipinski definition) is 1. The number of nitrogens with zero attached hydrogens (tertiary/aromatic N) is 1. The van der Waals surface area contributed by atoms with E-state index in [1.807, 2.05) is 0 Å². The van der Waals surface area contributed by atoms with Gasteiger partial charge in [0.2, 0.25) is 10.0 Å². The van der Waals surface area contributed by atoms with E-state index >= 15 is 0 Å². The van der Waals surface area contributed by atoms with E-state index in [1.54, 1.807) is 6.92 Å². The van der Waals surface area contributed by atoms with Gasteiger partial charge in [-0.15, -0.1) is 11.3 Å². The van der Waals surface area contributed by atoms with Gasteiger partial charge in [0, 0.05) is 12.6 Å². The van der Waals surface area contributed by atoms with Crippen LogP contribution in [0.1, 0.15) is 19.8 Å². The van der Waals surface area contributed by atoms with E-state index < -0.39 is 21.9 Å². The second-order valence-corrected chi connectivity index (χ2v) is 8.87. The van der Waals surface area contributed by atoms with Gasteiger partial charge in [-0.05, 0) is 25.8 Å². The number of hydrogen-bond acceptors (Lipinski definition) is 4. The first-order chi connectivity index (χ1) is 9.23. The van der Waals surface area contributed by atoms with E-state index in [4.69, 9.17) is 28.3 Å². The molecule has 1 aliphatic heterocycles. The molecular formula is C11H13Cl2NO4S2. The highest BCUT2D eigenvalue weighted by Gasteiger charge is 2.38. The first-order valence-corrected chi connectivity index (χ1v) is 8.94. The highest BCUT2D eigenvalue weighted by molar-refractivity contribution is 7.89. The molecule has 112 valence electrons. The Morgan fingerprint density at radius 1 is 1.45 bits per heavy atom. The summed E-state index contributed by atoms with van der Waals surface area (Å²) in [6.45, 7) is 1.72. The lowest BCUT2D eigenvalue weighted by Crippen LogP contribution is -2.47. The molecule has 0 bridgehead atoms. The molecule has 1 aromatic rings. The van der Waals surface area contributed by atoms with Crippen molar-refractivity contribution in [1.29, 1.82) is 0 Å². The van der Waals surface area contributed by atoms with Crippen LogP contribution >= 0.6 is 34.5 Å². The van der Waals surface area contributed by atoms with Crippen molar-refractivity contribution < 1.29 is 18.3 Å². The van der Waals surface area contributed by atoms with Crippen molar-refractivity contribution in [3.8, 4) is 0 Å². The molecule has 1 aromatic heterocycles. The molecule has 20 heavy (non-hydrogen) atoms. The van der Waals surface area contributed by atoms with Crippen LogP contribution in [0.25, 0.3) is 0 Å². The molecule has 2 rings (SSSR count). The van der Waals surface area contributed by atoms with Crippen molar-refractivity contribution >= 4 is 50.5 Å². The Labute approximate surface area is 131 Å². The lowest BCUT2D eigenvalue weighted by Gasteiger charge is -2.35. The van der Waals surface area contributed by atoms with Crippen LogP contribution in [0.5, 0.6) is 0 Å². The summed E-state index contributed by atoms with van der Waals surface area (Å²) in [5.41, 5.74) is 0. The zero-order valence-electron chi connectivity index (χ0n) is 10.5. The second kappa shape index (κ2) is 5.81. The molecule has 2 unspecified atom stereocenters. The van der Waals surface area contributed by atoms with Gasteiger partial charge in [-0.3, -0.25) is 4.79 Å². The zero-order chi connectivity index (χ0) is 15.1. The van der Waals surface area contributed by atoms with E-state index in [1.165, 1.54) is 10.4 Å². The van der Waals surface area contributed by atoms with Crippen LogP contribution in [0.3, 0.4) is 0 Å². The molecule has 0 spiro atoms. The molecule has 1 aliphatic rings. The third kappa shape index (κ3) is 2.96. The molecule has 1 N–H and O–H groups in total. The first kappa shape index (κ1) is 16.0. The Hall–Kier alpha value is -0.340. The monoisotopic (exact) mass is 357 g/mol. The summed E-state index contributed by atoms with van der Waals surface area (Å²) in [7, 11) is -3.82. The average Bonchev–Trinajstić information content (AvgIpc) is 2.69. The van der Waals surface area contributed by atoms with E-state index in [-0.39, 0.29) is 26.2 Å². The molecule has 1 fully saturated rings. The lowest BCUT2D eigenvalue weighted by molar-refractivity contribution is -0.143. The number of thiophene rings is 1. The fraction of sp³-hybridized carbons (Fsp3) is 0.545. The van der Waals surface area contributed by atoms with E-state index in [0.717, 1.165) is 11.3 Å². The Balaban J connectivity index is 2.37. The summed E-state index contributed by atoms with van der Waals surface area (Å²) in [5.74, 6) is -1.67. The zero-order valence-corrected chi connectivity index (χ0v) is 13.7. The normalized spacial score (nSPS) is 24.8. The van der Waals surface area contributed by atoms with Crippen LogP contribution in [0.15, 0.2) is 11.0 Å². The second-order valence-electron chi connectivity index (χ2n) is 4.72. The molecular weight excluding hydrogens is 345 g/mol. The Morgan fingerprint density at radius 3 is 2.60 bits per heavy atom.